The van der Waals surface area contributed by atoms with Crippen molar-refractivity contribution < 1.29 is 9.90 Å². The topological polar surface area (TPSA) is 61.1 Å². The van der Waals surface area contributed by atoms with Gasteiger partial charge in [0.25, 0.3) is 5.91 Å². The number of aromatic nitrogens is 2. The number of aliphatic hydroxyl groups is 1. The molecular weight excluding hydrogens is 280 g/mol. The number of hydrogen-bond donors (Lipinski definition) is 1. The van der Waals surface area contributed by atoms with E-state index < -0.39 is 6.10 Å². The number of piperazine rings is 1. The maximum absolute atomic E-state index is 11.8. The van der Waals surface area contributed by atoms with E-state index in [-0.39, 0.29) is 5.91 Å². The SMILES string of the molecule is Cc1ccc2ncc(CN3CCN(C(=O)C(C)O)CC3)n2c1. The van der Waals surface area contributed by atoms with E-state index in [0.29, 0.717) is 13.1 Å². The summed E-state index contributed by atoms with van der Waals surface area (Å²) in [6, 6.07) is 4.09. The third kappa shape index (κ3) is 2.98. The molecular formula is C16H22N4O2. The summed E-state index contributed by atoms with van der Waals surface area (Å²) in [5, 5.41) is 9.37. The fourth-order valence-electron chi connectivity index (χ4n) is 2.87. The lowest BCUT2D eigenvalue weighted by atomic mass is 10.2. The van der Waals surface area contributed by atoms with Crippen molar-refractivity contribution in [3.05, 3.63) is 35.8 Å². The molecule has 0 bridgehead atoms. The van der Waals surface area contributed by atoms with Crippen LogP contribution in [-0.4, -0.2) is 62.5 Å². The minimum atomic E-state index is -0.909. The first kappa shape index (κ1) is 15.0. The van der Waals surface area contributed by atoms with Gasteiger partial charge >= 0.3 is 0 Å². The number of carbonyl (C=O) groups is 1. The largest absolute Gasteiger partial charge is 0.384 e. The van der Waals surface area contributed by atoms with Crippen molar-refractivity contribution in [2.75, 3.05) is 26.2 Å². The van der Waals surface area contributed by atoms with Crippen LogP contribution in [-0.2, 0) is 11.3 Å². The van der Waals surface area contributed by atoms with Gasteiger partial charge < -0.3 is 14.4 Å². The Labute approximate surface area is 130 Å². The van der Waals surface area contributed by atoms with E-state index in [1.54, 1.807) is 4.90 Å². The average Bonchev–Trinajstić information content (AvgIpc) is 2.89. The van der Waals surface area contributed by atoms with Crippen molar-refractivity contribution in [1.82, 2.24) is 19.2 Å². The van der Waals surface area contributed by atoms with Crippen LogP contribution in [0.5, 0.6) is 0 Å². The lowest BCUT2D eigenvalue weighted by molar-refractivity contribution is -0.141. The zero-order chi connectivity index (χ0) is 15.7. The molecule has 1 amide bonds. The number of carbonyl (C=O) groups excluding carboxylic acids is 1. The standard InChI is InChI=1S/C16H22N4O2/c1-12-3-4-15-17-9-14(20(15)10-12)11-18-5-7-19(8-6-18)16(22)13(2)21/h3-4,9-10,13,21H,5-8,11H2,1-2H3. The van der Waals surface area contributed by atoms with Crippen molar-refractivity contribution >= 4 is 11.6 Å². The predicted octanol–water partition coefficient (Wildman–Crippen LogP) is 0.668. The minimum absolute atomic E-state index is 0.176. The Bertz CT molecular complexity index is 672. The highest BCUT2D eigenvalue weighted by Gasteiger charge is 2.24. The van der Waals surface area contributed by atoms with Gasteiger partial charge in [-0.3, -0.25) is 9.69 Å². The quantitative estimate of drug-likeness (QED) is 0.905. The minimum Gasteiger partial charge on any atom is -0.384 e. The Kier molecular flexibility index (Phi) is 4.13. The second kappa shape index (κ2) is 6.06. The smallest absolute Gasteiger partial charge is 0.251 e. The molecule has 2 aromatic rings. The van der Waals surface area contributed by atoms with Crippen LogP contribution >= 0.6 is 0 Å². The number of aliphatic hydroxyl groups excluding tert-OH is 1. The van der Waals surface area contributed by atoms with Crippen LogP contribution in [0.1, 0.15) is 18.2 Å². The summed E-state index contributed by atoms with van der Waals surface area (Å²) >= 11 is 0. The van der Waals surface area contributed by atoms with Crippen LogP contribution in [0.4, 0.5) is 0 Å². The van der Waals surface area contributed by atoms with E-state index in [4.69, 9.17) is 0 Å². The lowest BCUT2D eigenvalue weighted by Crippen LogP contribution is -2.50. The first-order chi connectivity index (χ1) is 10.5. The number of rotatable bonds is 3. The molecule has 3 heterocycles. The Hall–Kier alpha value is -1.92. The summed E-state index contributed by atoms with van der Waals surface area (Å²) < 4.78 is 2.13. The zero-order valence-corrected chi connectivity index (χ0v) is 13.1. The van der Waals surface area contributed by atoms with Gasteiger partial charge in [-0.25, -0.2) is 4.98 Å². The monoisotopic (exact) mass is 302 g/mol. The number of amides is 1. The van der Waals surface area contributed by atoms with E-state index in [1.165, 1.54) is 12.5 Å². The second-order valence-corrected chi connectivity index (χ2v) is 5.96. The Morgan fingerprint density at radius 1 is 1.32 bits per heavy atom. The number of fused-ring (bicyclic) bond motifs is 1. The molecule has 1 unspecified atom stereocenters. The maximum Gasteiger partial charge on any atom is 0.251 e. The van der Waals surface area contributed by atoms with Gasteiger partial charge in [0.2, 0.25) is 0 Å². The van der Waals surface area contributed by atoms with E-state index in [9.17, 15) is 9.90 Å². The molecule has 1 aliphatic rings. The molecule has 0 spiro atoms. The van der Waals surface area contributed by atoms with Gasteiger partial charge in [-0.1, -0.05) is 6.07 Å². The number of nitrogens with zero attached hydrogens (tertiary/aromatic N) is 4. The first-order valence-corrected chi connectivity index (χ1v) is 7.66. The maximum atomic E-state index is 11.8. The van der Waals surface area contributed by atoms with E-state index in [0.717, 1.165) is 31.0 Å². The summed E-state index contributed by atoms with van der Waals surface area (Å²) in [5.74, 6) is -0.176. The van der Waals surface area contributed by atoms with Gasteiger partial charge in [0, 0.05) is 38.9 Å². The van der Waals surface area contributed by atoms with Crippen LogP contribution in [0, 0.1) is 6.92 Å². The molecule has 1 N–H and O–H groups in total. The number of hydrogen-bond acceptors (Lipinski definition) is 4. The Morgan fingerprint density at radius 3 is 2.73 bits per heavy atom. The summed E-state index contributed by atoms with van der Waals surface area (Å²) in [4.78, 5) is 20.3. The van der Waals surface area contributed by atoms with Gasteiger partial charge in [-0.15, -0.1) is 0 Å². The molecule has 2 aromatic heterocycles. The lowest BCUT2D eigenvalue weighted by Gasteiger charge is -2.35. The molecule has 6 nitrogen and oxygen atoms in total. The molecule has 0 radical (unpaired) electrons. The molecule has 0 saturated carbocycles. The molecule has 1 fully saturated rings. The number of imidazole rings is 1. The molecule has 1 atom stereocenters. The van der Waals surface area contributed by atoms with Crippen molar-refractivity contribution in [1.29, 1.82) is 0 Å². The molecule has 6 heteroatoms. The first-order valence-electron chi connectivity index (χ1n) is 7.66. The van der Waals surface area contributed by atoms with Crippen LogP contribution in [0.3, 0.4) is 0 Å². The van der Waals surface area contributed by atoms with Crippen molar-refractivity contribution in [3.8, 4) is 0 Å². The molecule has 0 aliphatic carbocycles. The van der Waals surface area contributed by atoms with Gasteiger partial charge in [0.05, 0.1) is 11.9 Å². The van der Waals surface area contributed by atoms with E-state index in [2.05, 4.69) is 33.5 Å². The fourth-order valence-corrected chi connectivity index (χ4v) is 2.87. The van der Waals surface area contributed by atoms with Crippen LogP contribution in [0.25, 0.3) is 5.65 Å². The highest BCUT2D eigenvalue weighted by molar-refractivity contribution is 5.80. The molecule has 3 rings (SSSR count). The van der Waals surface area contributed by atoms with Gasteiger partial charge in [0.1, 0.15) is 11.8 Å². The predicted molar refractivity (Wildman–Crippen MR) is 83.5 cm³/mol. The molecule has 0 aromatic carbocycles. The molecule has 1 saturated heterocycles. The average molecular weight is 302 g/mol. The number of aryl methyl sites for hydroxylation is 1. The van der Waals surface area contributed by atoms with E-state index >= 15 is 0 Å². The third-order valence-corrected chi connectivity index (χ3v) is 4.16. The molecule has 22 heavy (non-hydrogen) atoms. The Morgan fingerprint density at radius 2 is 2.05 bits per heavy atom. The van der Waals surface area contributed by atoms with Gasteiger partial charge in [0.15, 0.2) is 0 Å². The van der Waals surface area contributed by atoms with Gasteiger partial charge in [-0.2, -0.15) is 0 Å². The molecule has 1 aliphatic heterocycles. The summed E-state index contributed by atoms with van der Waals surface area (Å²) in [7, 11) is 0. The van der Waals surface area contributed by atoms with E-state index in [1.807, 2.05) is 12.3 Å². The van der Waals surface area contributed by atoms with Crippen LogP contribution in [0.2, 0.25) is 0 Å². The van der Waals surface area contributed by atoms with Crippen molar-refractivity contribution in [2.24, 2.45) is 0 Å². The highest BCUT2D eigenvalue weighted by atomic mass is 16.3. The van der Waals surface area contributed by atoms with Crippen LogP contribution < -0.4 is 0 Å². The third-order valence-electron chi connectivity index (χ3n) is 4.16. The van der Waals surface area contributed by atoms with Crippen LogP contribution in [0.15, 0.2) is 24.5 Å². The molecule has 118 valence electrons. The van der Waals surface area contributed by atoms with Gasteiger partial charge in [-0.05, 0) is 25.5 Å². The summed E-state index contributed by atoms with van der Waals surface area (Å²) in [6.07, 6.45) is 3.11. The van der Waals surface area contributed by atoms with Crippen molar-refractivity contribution in [2.45, 2.75) is 26.5 Å². The second-order valence-electron chi connectivity index (χ2n) is 5.96. The number of pyridine rings is 1. The normalized spacial score (nSPS) is 17.9. The zero-order valence-electron chi connectivity index (χ0n) is 13.1. The highest BCUT2D eigenvalue weighted by Crippen LogP contribution is 2.13. The summed E-state index contributed by atoms with van der Waals surface area (Å²) in [5.41, 5.74) is 3.33. The van der Waals surface area contributed by atoms with Crippen molar-refractivity contribution in [3.63, 3.8) is 0 Å². The summed E-state index contributed by atoms with van der Waals surface area (Å²) in [6.45, 7) is 7.38. The Balaban J connectivity index is 1.65. The fraction of sp³-hybridized carbons (Fsp3) is 0.500.